The van der Waals surface area contributed by atoms with Gasteiger partial charge in [-0.1, -0.05) is 6.42 Å². The number of hydrogen-bond donors (Lipinski definition) is 1. The molecular formula is C7H11NO2. The smallest absolute Gasteiger partial charge is 0.209 e. The van der Waals surface area contributed by atoms with E-state index >= 15 is 0 Å². The number of epoxide rings is 1. The number of carbonyl (C=O) groups excluding carboxylic acids is 1. The zero-order valence-electron chi connectivity index (χ0n) is 5.80. The lowest BCUT2D eigenvalue weighted by molar-refractivity contribution is -0.111. The minimum atomic E-state index is -0.222. The molecule has 0 bridgehead atoms. The maximum Gasteiger partial charge on any atom is 0.209 e. The third-order valence-electron chi connectivity index (χ3n) is 2.38. The van der Waals surface area contributed by atoms with Crippen molar-refractivity contribution in [3.8, 4) is 0 Å². The molecule has 2 fully saturated rings. The third-order valence-corrected chi connectivity index (χ3v) is 2.38. The highest BCUT2D eigenvalue weighted by atomic mass is 16.6. The Hall–Kier alpha value is -0.570. The molecule has 2 aliphatic rings. The average Bonchev–Trinajstić information content (AvgIpc) is 2.62. The van der Waals surface area contributed by atoms with Crippen molar-refractivity contribution in [2.24, 2.45) is 0 Å². The molecule has 2 atom stereocenters. The first-order valence-corrected chi connectivity index (χ1v) is 3.76. The molecule has 1 saturated carbocycles. The highest BCUT2D eigenvalue weighted by molar-refractivity contribution is 5.48. The lowest BCUT2D eigenvalue weighted by Gasteiger charge is -2.15. The quantitative estimate of drug-likeness (QED) is 0.447. The van der Waals surface area contributed by atoms with Crippen LogP contribution < -0.4 is 5.32 Å². The van der Waals surface area contributed by atoms with Crippen molar-refractivity contribution in [2.75, 3.05) is 0 Å². The molecule has 0 aromatic rings. The van der Waals surface area contributed by atoms with Gasteiger partial charge in [0.05, 0.1) is 0 Å². The number of fused-ring (bicyclic) bond motifs is 1. The first kappa shape index (κ1) is 6.16. The normalized spacial score (nSPS) is 43.8. The molecule has 1 heterocycles. The second kappa shape index (κ2) is 1.95. The van der Waals surface area contributed by atoms with Crippen LogP contribution in [0.2, 0.25) is 0 Å². The minimum absolute atomic E-state index is 0.222. The summed E-state index contributed by atoms with van der Waals surface area (Å²) in [5.74, 6) is 0. The van der Waals surface area contributed by atoms with Gasteiger partial charge in [0.25, 0.3) is 0 Å². The fourth-order valence-corrected chi connectivity index (χ4v) is 1.75. The van der Waals surface area contributed by atoms with Gasteiger partial charge in [-0.05, 0) is 19.3 Å². The Kier molecular flexibility index (Phi) is 1.20. The maximum atomic E-state index is 10.1. The molecule has 0 spiro atoms. The molecule has 1 saturated heterocycles. The van der Waals surface area contributed by atoms with Crippen LogP contribution in [0.1, 0.15) is 25.7 Å². The van der Waals surface area contributed by atoms with Gasteiger partial charge in [-0.3, -0.25) is 4.79 Å². The van der Waals surface area contributed by atoms with Crippen molar-refractivity contribution < 1.29 is 9.53 Å². The Morgan fingerprint density at radius 1 is 1.60 bits per heavy atom. The molecular weight excluding hydrogens is 130 g/mol. The van der Waals surface area contributed by atoms with Crippen LogP contribution in [0.3, 0.4) is 0 Å². The van der Waals surface area contributed by atoms with E-state index in [1.807, 2.05) is 0 Å². The number of carbonyl (C=O) groups is 1. The largest absolute Gasteiger partial charge is 0.345 e. The molecule has 10 heavy (non-hydrogen) atoms. The van der Waals surface area contributed by atoms with Crippen LogP contribution in [0.25, 0.3) is 0 Å². The Balaban J connectivity index is 1.98. The zero-order valence-corrected chi connectivity index (χ0v) is 5.80. The summed E-state index contributed by atoms with van der Waals surface area (Å²) in [5.41, 5.74) is -0.222. The van der Waals surface area contributed by atoms with Gasteiger partial charge in [0.2, 0.25) is 6.41 Å². The number of hydrogen-bond acceptors (Lipinski definition) is 2. The summed E-state index contributed by atoms with van der Waals surface area (Å²) in [6, 6.07) is 0. The van der Waals surface area contributed by atoms with Gasteiger partial charge in [-0.15, -0.1) is 0 Å². The molecule has 56 valence electrons. The molecule has 2 unspecified atom stereocenters. The molecule has 1 aliphatic carbocycles. The van der Waals surface area contributed by atoms with Crippen molar-refractivity contribution in [1.82, 2.24) is 5.32 Å². The summed E-state index contributed by atoms with van der Waals surface area (Å²) in [6.07, 6.45) is 5.60. The molecule has 0 aromatic heterocycles. The standard InChI is InChI=1S/C7H11NO2/c9-5-8-7-4-2-1-3-6(7)10-7/h5-6H,1-4H2,(H,8,9). The highest BCUT2D eigenvalue weighted by Gasteiger charge is 2.57. The molecule has 0 aromatic carbocycles. The van der Waals surface area contributed by atoms with Crippen LogP contribution in [0, 0.1) is 0 Å². The summed E-state index contributed by atoms with van der Waals surface area (Å²) >= 11 is 0. The molecule has 1 amide bonds. The fraction of sp³-hybridized carbons (Fsp3) is 0.857. The van der Waals surface area contributed by atoms with E-state index in [9.17, 15) is 4.79 Å². The molecule has 3 heteroatoms. The summed E-state index contributed by atoms with van der Waals surface area (Å²) in [5, 5.41) is 2.73. The van der Waals surface area contributed by atoms with Gasteiger partial charge in [-0.25, -0.2) is 0 Å². The van der Waals surface area contributed by atoms with E-state index in [0.717, 1.165) is 19.3 Å². The fourth-order valence-electron chi connectivity index (χ4n) is 1.75. The second-order valence-electron chi connectivity index (χ2n) is 3.00. The average molecular weight is 141 g/mol. The molecule has 3 nitrogen and oxygen atoms in total. The molecule has 0 radical (unpaired) electrons. The van der Waals surface area contributed by atoms with Crippen LogP contribution in [-0.2, 0) is 9.53 Å². The summed E-state index contributed by atoms with van der Waals surface area (Å²) < 4.78 is 5.36. The van der Waals surface area contributed by atoms with Crippen molar-refractivity contribution >= 4 is 6.41 Å². The predicted octanol–water partition coefficient (Wildman–Crippen LogP) is 0.401. The summed E-state index contributed by atoms with van der Waals surface area (Å²) in [6.45, 7) is 0. The van der Waals surface area contributed by atoms with Crippen molar-refractivity contribution in [1.29, 1.82) is 0 Å². The Morgan fingerprint density at radius 3 is 3.20 bits per heavy atom. The number of ether oxygens (including phenoxy) is 1. The van der Waals surface area contributed by atoms with Gasteiger partial charge in [0.15, 0.2) is 5.72 Å². The van der Waals surface area contributed by atoms with E-state index in [1.54, 1.807) is 0 Å². The second-order valence-corrected chi connectivity index (χ2v) is 3.00. The lowest BCUT2D eigenvalue weighted by atomic mass is 9.96. The van der Waals surface area contributed by atoms with Crippen LogP contribution in [0.4, 0.5) is 0 Å². The van der Waals surface area contributed by atoms with Crippen molar-refractivity contribution in [3.05, 3.63) is 0 Å². The summed E-state index contributed by atoms with van der Waals surface area (Å²) in [7, 11) is 0. The lowest BCUT2D eigenvalue weighted by Crippen LogP contribution is -2.35. The third kappa shape index (κ3) is 0.736. The number of rotatable bonds is 2. The minimum Gasteiger partial charge on any atom is -0.345 e. The van der Waals surface area contributed by atoms with E-state index < -0.39 is 0 Å². The first-order chi connectivity index (χ1) is 4.87. The van der Waals surface area contributed by atoms with Crippen LogP contribution >= 0.6 is 0 Å². The summed E-state index contributed by atoms with van der Waals surface area (Å²) in [4.78, 5) is 10.1. The van der Waals surface area contributed by atoms with E-state index in [2.05, 4.69) is 5.32 Å². The van der Waals surface area contributed by atoms with Crippen LogP contribution in [-0.4, -0.2) is 18.2 Å². The zero-order chi connectivity index (χ0) is 7.03. The Bertz CT molecular complexity index is 160. The van der Waals surface area contributed by atoms with E-state index in [4.69, 9.17) is 4.74 Å². The van der Waals surface area contributed by atoms with Crippen molar-refractivity contribution in [3.63, 3.8) is 0 Å². The Morgan fingerprint density at radius 2 is 2.50 bits per heavy atom. The topological polar surface area (TPSA) is 41.6 Å². The molecule has 1 aliphatic heterocycles. The van der Waals surface area contributed by atoms with Gasteiger partial charge in [-0.2, -0.15) is 0 Å². The maximum absolute atomic E-state index is 10.1. The van der Waals surface area contributed by atoms with E-state index in [-0.39, 0.29) is 5.72 Å². The molecule has 2 rings (SSSR count). The van der Waals surface area contributed by atoms with Gasteiger partial charge >= 0.3 is 0 Å². The molecule has 1 N–H and O–H groups in total. The number of nitrogens with one attached hydrogen (secondary N) is 1. The predicted molar refractivity (Wildman–Crippen MR) is 35.3 cm³/mol. The first-order valence-electron chi connectivity index (χ1n) is 3.76. The van der Waals surface area contributed by atoms with Crippen LogP contribution in [0.5, 0.6) is 0 Å². The highest BCUT2D eigenvalue weighted by Crippen LogP contribution is 2.44. The van der Waals surface area contributed by atoms with Gasteiger partial charge in [0.1, 0.15) is 6.10 Å². The van der Waals surface area contributed by atoms with E-state index in [0.29, 0.717) is 6.10 Å². The Labute approximate surface area is 59.7 Å². The van der Waals surface area contributed by atoms with Gasteiger partial charge < -0.3 is 10.1 Å². The van der Waals surface area contributed by atoms with Crippen LogP contribution in [0.15, 0.2) is 0 Å². The van der Waals surface area contributed by atoms with E-state index in [1.165, 1.54) is 12.8 Å². The monoisotopic (exact) mass is 141 g/mol. The van der Waals surface area contributed by atoms with Gasteiger partial charge in [0, 0.05) is 0 Å². The number of amides is 1. The SMILES string of the molecule is O=CNC12CCCCC1O2. The van der Waals surface area contributed by atoms with Crippen molar-refractivity contribution in [2.45, 2.75) is 37.5 Å².